The number of ether oxygens (including phenoxy) is 2. The van der Waals surface area contributed by atoms with E-state index in [1.54, 1.807) is 24.3 Å². The van der Waals surface area contributed by atoms with Crippen LogP contribution in [0.15, 0.2) is 48.5 Å². The number of amides is 1. The van der Waals surface area contributed by atoms with Gasteiger partial charge in [-0.25, -0.2) is 4.79 Å². The molecule has 1 amide bonds. The first kappa shape index (κ1) is 19.3. The highest BCUT2D eigenvalue weighted by Gasteiger charge is 2.08. The third-order valence-electron chi connectivity index (χ3n) is 3.44. The van der Waals surface area contributed by atoms with E-state index in [0.29, 0.717) is 24.5 Å². The van der Waals surface area contributed by atoms with Crippen LogP contribution in [0.1, 0.15) is 30.6 Å². The number of esters is 1. The Labute approximate surface area is 153 Å². The molecule has 0 aliphatic rings. The first-order valence-corrected chi connectivity index (χ1v) is 8.66. The second-order valence-corrected chi connectivity index (χ2v) is 5.58. The van der Waals surface area contributed by atoms with Gasteiger partial charge in [0.25, 0.3) is 0 Å². The highest BCUT2D eigenvalue weighted by Crippen LogP contribution is 2.17. The van der Waals surface area contributed by atoms with Gasteiger partial charge in [0.1, 0.15) is 5.75 Å². The Balaban J connectivity index is 1.84. The van der Waals surface area contributed by atoms with Crippen LogP contribution in [-0.4, -0.2) is 31.6 Å². The summed E-state index contributed by atoms with van der Waals surface area (Å²) < 4.78 is 10.5. The van der Waals surface area contributed by atoms with E-state index in [2.05, 4.69) is 10.6 Å². The van der Waals surface area contributed by atoms with Crippen molar-refractivity contribution in [3.8, 4) is 5.75 Å². The molecular formula is C20H24N2O4. The molecule has 0 aliphatic heterocycles. The number of carbonyl (C=O) groups is 2. The molecular weight excluding hydrogens is 332 g/mol. The fourth-order valence-electron chi connectivity index (χ4n) is 2.22. The maximum absolute atomic E-state index is 12.1. The Kier molecular flexibility index (Phi) is 7.49. The van der Waals surface area contributed by atoms with Crippen molar-refractivity contribution >= 4 is 23.3 Å². The average Bonchev–Trinajstić information content (AvgIpc) is 2.66. The van der Waals surface area contributed by atoms with Gasteiger partial charge in [0, 0.05) is 17.4 Å². The highest BCUT2D eigenvalue weighted by atomic mass is 16.5. The minimum atomic E-state index is -0.361. The fraction of sp³-hybridized carbons (Fsp3) is 0.300. The maximum Gasteiger partial charge on any atom is 0.338 e. The Bertz CT molecular complexity index is 729. The van der Waals surface area contributed by atoms with Gasteiger partial charge >= 0.3 is 5.97 Å². The zero-order valence-electron chi connectivity index (χ0n) is 15.1. The van der Waals surface area contributed by atoms with Crippen LogP contribution in [0.25, 0.3) is 0 Å². The molecule has 2 aromatic carbocycles. The quantitative estimate of drug-likeness (QED) is 0.670. The van der Waals surface area contributed by atoms with Crippen molar-refractivity contribution in [1.29, 1.82) is 0 Å². The van der Waals surface area contributed by atoms with Crippen LogP contribution >= 0.6 is 0 Å². The minimum Gasteiger partial charge on any atom is -0.494 e. The Hall–Kier alpha value is -3.02. The third-order valence-corrected chi connectivity index (χ3v) is 3.44. The van der Waals surface area contributed by atoms with Crippen molar-refractivity contribution in [2.75, 3.05) is 30.4 Å². The van der Waals surface area contributed by atoms with Crippen LogP contribution < -0.4 is 15.4 Å². The van der Waals surface area contributed by atoms with E-state index >= 15 is 0 Å². The average molecular weight is 356 g/mol. The van der Waals surface area contributed by atoms with Crippen molar-refractivity contribution in [1.82, 2.24) is 0 Å². The summed E-state index contributed by atoms with van der Waals surface area (Å²) in [5.74, 6) is 0.206. The van der Waals surface area contributed by atoms with Crippen LogP contribution in [0.3, 0.4) is 0 Å². The van der Waals surface area contributed by atoms with Gasteiger partial charge in [-0.15, -0.1) is 0 Å². The lowest BCUT2D eigenvalue weighted by Crippen LogP contribution is -2.21. The van der Waals surface area contributed by atoms with Crippen LogP contribution in [0, 0.1) is 0 Å². The van der Waals surface area contributed by atoms with Gasteiger partial charge in [0.15, 0.2) is 0 Å². The normalized spacial score (nSPS) is 10.1. The first-order valence-electron chi connectivity index (χ1n) is 8.66. The van der Waals surface area contributed by atoms with Crippen LogP contribution in [0.2, 0.25) is 0 Å². The van der Waals surface area contributed by atoms with Crippen LogP contribution in [-0.2, 0) is 9.53 Å². The number of carbonyl (C=O) groups excluding carboxylic acids is 2. The lowest BCUT2D eigenvalue weighted by molar-refractivity contribution is -0.114. The van der Waals surface area contributed by atoms with Crippen molar-refractivity contribution < 1.29 is 19.1 Å². The molecule has 2 aromatic rings. The number of nitrogens with one attached hydrogen (secondary N) is 2. The molecule has 2 rings (SSSR count). The van der Waals surface area contributed by atoms with Gasteiger partial charge in [-0.1, -0.05) is 13.0 Å². The zero-order valence-corrected chi connectivity index (χ0v) is 15.1. The number of hydrogen-bond acceptors (Lipinski definition) is 5. The van der Waals surface area contributed by atoms with Crippen LogP contribution in [0.5, 0.6) is 5.75 Å². The Morgan fingerprint density at radius 1 is 1.00 bits per heavy atom. The Morgan fingerprint density at radius 2 is 1.77 bits per heavy atom. The summed E-state index contributed by atoms with van der Waals surface area (Å²) >= 11 is 0. The third kappa shape index (κ3) is 6.12. The van der Waals surface area contributed by atoms with Crippen molar-refractivity contribution in [2.24, 2.45) is 0 Å². The molecule has 0 fully saturated rings. The maximum atomic E-state index is 12.1. The van der Waals surface area contributed by atoms with Crippen molar-refractivity contribution in [2.45, 2.75) is 20.3 Å². The van der Waals surface area contributed by atoms with E-state index in [4.69, 9.17) is 9.47 Å². The van der Waals surface area contributed by atoms with Gasteiger partial charge in [-0.2, -0.15) is 0 Å². The summed E-state index contributed by atoms with van der Waals surface area (Å²) in [6.07, 6.45) is 0.778. The molecule has 0 saturated carbocycles. The molecule has 6 heteroatoms. The monoisotopic (exact) mass is 356 g/mol. The Morgan fingerprint density at radius 3 is 2.46 bits per heavy atom. The van der Waals surface area contributed by atoms with E-state index < -0.39 is 0 Å². The number of benzene rings is 2. The largest absolute Gasteiger partial charge is 0.494 e. The molecule has 0 heterocycles. The van der Waals surface area contributed by atoms with Crippen molar-refractivity contribution in [3.63, 3.8) is 0 Å². The van der Waals surface area contributed by atoms with Gasteiger partial charge in [0.2, 0.25) is 5.91 Å². The summed E-state index contributed by atoms with van der Waals surface area (Å²) in [4.78, 5) is 23.8. The molecule has 0 saturated heterocycles. The number of rotatable bonds is 9. The summed E-state index contributed by atoms with van der Waals surface area (Å²) in [6, 6.07) is 14.1. The molecule has 0 atom stereocenters. The molecule has 0 radical (unpaired) electrons. The molecule has 138 valence electrons. The SMILES string of the molecule is CCCOC(=O)c1ccc(NC(=O)CNc2cccc(OCC)c2)cc1. The highest BCUT2D eigenvalue weighted by molar-refractivity contribution is 5.95. The van der Waals surface area contributed by atoms with Gasteiger partial charge in [-0.3, -0.25) is 4.79 Å². The molecule has 2 N–H and O–H groups in total. The van der Waals surface area contributed by atoms with Crippen molar-refractivity contribution in [3.05, 3.63) is 54.1 Å². The standard InChI is InChI=1S/C20H24N2O4/c1-3-12-26-20(24)15-8-10-16(11-9-15)22-19(23)14-21-17-6-5-7-18(13-17)25-4-2/h5-11,13,21H,3-4,12,14H2,1-2H3,(H,22,23). The zero-order chi connectivity index (χ0) is 18.8. The van der Waals surface area contributed by atoms with Gasteiger partial charge < -0.3 is 20.1 Å². The molecule has 26 heavy (non-hydrogen) atoms. The first-order chi connectivity index (χ1) is 12.6. The van der Waals surface area contributed by atoms with E-state index in [-0.39, 0.29) is 18.4 Å². The molecule has 0 aliphatic carbocycles. The summed E-state index contributed by atoms with van der Waals surface area (Å²) in [7, 11) is 0. The van der Waals surface area contributed by atoms with Gasteiger partial charge in [-0.05, 0) is 49.7 Å². The van der Waals surface area contributed by atoms with Gasteiger partial charge in [0.05, 0.1) is 25.3 Å². The summed E-state index contributed by atoms with van der Waals surface area (Å²) in [5, 5.41) is 5.83. The molecule has 0 spiro atoms. The van der Waals surface area contributed by atoms with E-state index in [1.165, 1.54) is 0 Å². The number of hydrogen-bond donors (Lipinski definition) is 2. The minimum absolute atomic E-state index is 0.121. The smallest absolute Gasteiger partial charge is 0.338 e. The van der Waals surface area contributed by atoms with Crippen LogP contribution in [0.4, 0.5) is 11.4 Å². The predicted molar refractivity (Wildman–Crippen MR) is 102 cm³/mol. The lowest BCUT2D eigenvalue weighted by atomic mass is 10.2. The molecule has 0 bridgehead atoms. The summed E-state index contributed by atoms with van der Waals surface area (Å²) in [6.45, 7) is 4.96. The second kappa shape index (κ2) is 10.1. The van der Waals surface area contributed by atoms with E-state index in [0.717, 1.165) is 17.9 Å². The number of anilines is 2. The molecule has 0 aromatic heterocycles. The fourth-order valence-corrected chi connectivity index (χ4v) is 2.22. The predicted octanol–water partition coefficient (Wildman–Crippen LogP) is 3.70. The second-order valence-electron chi connectivity index (χ2n) is 5.58. The van der Waals surface area contributed by atoms with E-state index in [9.17, 15) is 9.59 Å². The van der Waals surface area contributed by atoms with E-state index in [1.807, 2.05) is 38.1 Å². The topological polar surface area (TPSA) is 76.7 Å². The summed E-state index contributed by atoms with van der Waals surface area (Å²) in [5.41, 5.74) is 1.88. The lowest BCUT2D eigenvalue weighted by Gasteiger charge is -2.10. The molecule has 0 unspecified atom stereocenters. The molecule has 6 nitrogen and oxygen atoms in total.